The highest BCUT2D eigenvalue weighted by Crippen LogP contribution is 2.17. The Kier molecular flexibility index (Phi) is 1.50. The monoisotopic (exact) mass is 162 g/mol. The van der Waals surface area contributed by atoms with Crippen LogP contribution in [0, 0.1) is 0 Å². The summed E-state index contributed by atoms with van der Waals surface area (Å²) in [5, 5.41) is 14.4. The number of phenols is 1. The molecular weight excluding hydrogens is 152 g/mol. The molecule has 2 rings (SSSR count). The third-order valence-electron chi connectivity index (χ3n) is 1.86. The Balaban J connectivity index is 2.67. The fraction of sp³-hybridized carbons (Fsp3) is 0.222. The summed E-state index contributed by atoms with van der Waals surface area (Å²) in [4.78, 5) is 0. The summed E-state index contributed by atoms with van der Waals surface area (Å²) in [6.07, 6.45) is 1.93. The Morgan fingerprint density at radius 1 is 1.50 bits per heavy atom. The van der Waals surface area contributed by atoms with E-state index in [-0.39, 0.29) is 5.75 Å². The molecule has 0 aliphatic carbocycles. The number of aromatic nitrogens is 2. The standard InChI is InChI=1S/C9H10N2O/c1-2-11-6-7-5-8(12)3-4-9(7)10-11/h3-6,12H,2H2,1H3. The zero-order chi connectivity index (χ0) is 8.55. The molecule has 0 aliphatic rings. The maximum Gasteiger partial charge on any atom is 0.116 e. The average molecular weight is 162 g/mol. The first-order chi connectivity index (χ1) is 5.79. The number of benzene rings is 1. The molecule has 1 N–H and O–H groups in total. The average Bonchev–Trinajstić information content (AvgIpc) is 2.46. The van der Waals surface area contributed by atoms with E-state index in [9.17, 15) is 5.11 Å². The van der Waals surface area contributed by atoms with Crippen LogP contribution in [0.2, 0.25) is 0 Å². The number of nitrogens with zero attached hydrogens (tertiary/aromatic N) is 2. The van der Waals surface area contributed by atoms with Gasteiger partial charge in [0.15, 0.2) is 0 Å². The van der Waals surface area contributed by atoms with Crippen LogP contribution < -0.4 is 0 Å². The number of fused-ring (bicyclic) bond motifs is 1. The van der Waals surface area contributed by atoms with Crippen molar-refractivity contribution in [3.05, 3.63) is 24.4 Å². The second kappa shape index (κ2) is 2.52. The Bertz CT molecular complexity index is 406. The van der Waals surface area contributed by atoms with E-state index in [4.69, 9.17) is 0 Å². The first-order valence-electron chi connectivity index (χ1n) is 3.96. The molecule has 1 aromatic carbocycles. The Hall–Kier alpha value is -1.51. The molecule has 0 radical (unpaired) electrons. The SMILES string of the molecule is CCn1cc2cc(O)ccc2n1. The highest BCUT2D eigenvalue weighted by Gasteiger charge is 1.98. The lowest BCUT2D eigenvalue weighted by molar-refractivity contribution is 0.476. The molecule has 0 bridgehead atoms. The van der Waals surface area contributed by atoms with Gasteiger partial charge in [0, 0.05) is 18.1 Å². The van der Waals surface area contributed by atoms with Crippen LogP contribution in [0.25, 0.3) is 10.9 Å². The molecule has 12 heavy (non-hydrogen) atoms. The maximum absolute atomic E-state index is 9.18. The van der Waals surface area contributed by atoms with Crippen LogP contribution in [-0.2, 0) is 6.54 Å². The van der Waals surface area contributed by atoms with Gasteiger partial charge < -0.3 is 5.11 Å². The van der Waals surface area contributed by atoms with Crippen molar-refractivity contribution in [1.29, 1.82) is 0 Å². The normalized spacial score (nSPS) is 10.8. The molecular formula is C9H10N2O. The van der Waals surface area contributed by atoms with Gasteiger partial charge >= 0.3 is 0 Å². The van der Waals surface area contributed by atoms with Gasteiger partial charge in [-0.2, -0.15) is 5.10 Å². The summed E-state index contributed by atoms with van der Waals surface area (Å²) in [6.45, 7) is 2.89. The Morgan fingerprint density at radius 2 is 2.33 bits per heavy atom. The van der Waals surface area contributed by atoms with E-state index in [0.717, 1.165) is 17.4 Å². The van der Waals surface area contributed by atoms with Gasteiger partial charge in [-0.1, -0.05) is 0 Å². The molecule has 62 valence electrons. The maximum atomic E-state index is 9.18. The number of aromatic hydroxyl groups is 1. The van der Waals surface area contributed by atoms with E-state index < -0.39 is 0 Å². The van der Waals surface area contributed by atoms with Gasteiger partial charge in [-0.05, 0) is 25.1 Å². The number of rotatable bonds is 1. The van der Waals surface area contributed by atoms with Gasteiger partial charge in [-0.25, -0.2) is 0 Å². The number of aryl methyl sites for hydroxylation is 1. The summed E-state index contributed by atoms with van der Waals surface area (Å²) in [5.41, 5.74) is 0.926. The van der Waals surface area contributed by atoms with Crippen molar-refractivity contribution in [2.24, 2.45) is 0 Å². The van der Waals surface area contributed by atoms with Crippen LogP contribution >= 0.6 is 0 Å². The fourth-order valence-corrected chi connectivity index (χ4v) is 1.23. The van der Waals surface area contributed by atoms with Crippen molar-refractivity contribution in [3.8, 4) is 5.75 Å². The molecule has 0 saturated heterocycles. The van der Waals surface area contributed by atoms with E-state index in [2.05, 4.69) is 5.10 Å². The van der Waals surface area contributed by atoms with Gasteiger partial charge in [0.25, 0.3) is 0 Å². The van der Waals surface area contributed by atoms with Crippen LogP contribution in [0.4, 0.5) is 0 Å². The summed E-state index contributed by atoms with van der Waals surface area (Å²) >= 11 is 0. The van der Waals surface area contributed by atoms with Gasteiger partial charge in [-0.3, -0.25) is 4.68 Å². The Labute approximate surface area is 70.2 Å². The molecule has 0 saturated carbocycles. The summed E-state index contributed by atoms with van der Waals surface area (Å²) in [5.74, 6) is 0.290. The third kappa shape index (κ3) is 1.03. The van der Waals surface area contributed by atoms with Gasteiger partial charge in [0.1, 0.15) is 5.75 Å². The van der Waals surface area contributed by atoms with Crippen molar-refractivity contribution in [2.75, 3.05) is 0 Å². The smallest absolute Gasteiger partial charge is 0.116 e. The zero-order valence-electron chi connectivity index (χ0n) is 6.86. The van der Waals surface area contributed by atoms with Crippen molar-refractivity contribution in [1.82, 2.24) is 9.78 Å². The van der Waals surface area contributed by atoms with Crippen molar-refractivity contribution in [2.45, 2.75) is 13.5 Å². The van der Waals surface area contributed by atoms with Gasteiger partial charge in [0.2, 0.25) is 0 Å². The molecule has 1 heterocycles. The lowest BCUT2D eigenvalue weighted by Crippen LogP contribution is -1.92. The number of hydrogen-bond donors (Lipinski definition) is 1. The minimum Gasteiger partial charge on any atom is -0.508 e. The fourth-order valence-electron chi connectivity index (χ4n) is 1.23. The van der Waals surface area contributed by atoms with Gasteiger partial charge in [0.05, 0.1) is 5.52 Å². The van der Waals surface area contributed by atoms with E-state index in [0.29, 0.717) is 0 Å². The predicted molar refractivity (Wildman–Crippen MR) is 47.1 cm³/mol. The summed E-state index contributed by atoms with van der Waals surface area (Å²) in [6, 6.07) is 5.18. The molecule has 0 fully saturated rings. The highest BCUT2D eigenvalue weighted by atomic mass is 16.3. The lowest BCUT2D eigenvalue weighted by atomic mass is 10.2. The second-order valence-corrected chi connectivity index (χ2v) is 2.73. The molecule has 0 aliphatic heterocycles. The van der Waals surface area contributed by atoms with Crippen LogP contribution in [0.1, 0.15) is 6.92 Å². The number of phenolic OH excluding ortho intramolecular Hbond substituents is 1. The minimum absolute atomic E-state index is 0.290. The molecule has 0 atom stereocenters. The third-order valence-corrected chi connectivity index (χ3v) is 1.86. The van der Waals surface area contributed by atoms with Crippen LogP contribution in [0.5, 0.6) is 5.75 Å². The summed E-state index contributed by atoms with van der Waals surface area (Å²) in [7, 11) is 0. The minimum atomic E-state index is 0.290. The second-order valence-electron chi connectivity index (χ2n) is 2.73. The molecule has 3 nitrogen and oxygen atoms in total. The van der Waals surface area contributed by atoms with Crippen LogP contribution in [0.3, 0.4) is 0 Å². The molecule has 0 unspecified atom stereocenters. The molecule has 2 aromatic rings. The van der Waals surface area contributed by atoms with Crippen LogP contribution in [0.15, 0.2) is 24.4 Å². The van der Waals surface area contributed by atoms with E-state index in [1.54, 1.807) is 12.1 Å². The van der Waals surface area contributed by atoms with Crippen molar-refractivity contribution in [3.63, 3.8) is 0 Å². The van der Waals surface area contributed by atoms with E-state index in [1.807, 2.05) is 23.9 Å². The highest BCUT2D eigenvalue weighted by molar-refractivity contribution is 5.79. The predicted octanol–water partition coefficient (Wildman–Crippen LogP) is 1.76. The molecule has 0 spiro atoms. The van der Waals surface area contributed by atoms with Crippen molar-refractivity contribution < 1.29 is 5.11 Å². The molecule has 3 heteroatoms. The molecule has 1 aromatic heterocycles. The first-order valence-corrected chi connectivity index (χ1v) is 3.96. The van der Waals surface area contributed by atoms with E-state index >= 15 is 0 Å². The van der Waals surface area contributed by atoms with Crippen molar-refractivity contribution >= 4 is 10.9 Å². The van der Waals surface area contributed by atoms with E-state index in [1.165, 1.54) is 0 Å². The lowest BCUT2D eigenvalue weighted by Gasteiger charge is -1.88. The summed E-state index contributed by atoms with van der Waals surface area (Å²) < 4.78 is 1.85. The molecule has 0 amide bonds. The zero-order valence-corrected chi connectivity index (χ0v) is 6.86. The Morgan fingerprint density at radius 3 is 3.08 bits per heavy atom. The van der Waals surface area contributed by atoms with Gasteiger partial charge in [-0.15, -0.1) is 0 Å². The number of hydrogen-bond acceptors (Lipinski definition) is 2. The van der Waals surface area contributed by atoms with Crippen LogP contribution in [-0.4, -0.2) is 14.9 Å². The first kappa shape index (κ1) is 7.16. The largest absolute Gasteiger partial charge is 0.508 e. The topological polar surface area (TPSA) is 38.0 Å². The quantitative estimate of drug-likeness (QED) is 0.693.